The number of carbonyl (C=O) groups excluding carboxylic acids is 1. The molecular weight excluding hydrogens is 269 g/mol. The maximum atomic E-state index is 12.8. The van der Waals surface area contributed by atoms with Gasteiger partial charge in [-0.2, -0.15) is 18.3 Å². The fourth-order valence-electron chi connectivity index (χ4n) is 2.45. The molecule has 0 radical (unpaired) electrons. The van der Waals surface area contributed by atoms with Gasteiger partial charge in [0, 0.05) is 5.69 Å². The van der Waals surface area contributed by atoms with Gasteiger partial charge >= 0.3 is 6.18 Å². The number of hydrogen-bond donors (Lipinski definition) is 0. The van der Waals surface area contributed by atoms with Crippen LogP contribution in [0.3, 0.4) is 0 Å². The molecule has 0 N–H and O–H groups in total. The molecule has 0 spiro atoms. The number of Topliss-reactive ketones (excluding diaryl/α,β-unsaturated/α-hetero) is 1. The minimum atomic E-state index is -4.85. The van der Waals surface area contributed by atoms with Crippen LogP contribution >= 0.6 is 0 Å². The van der Waals surface area contributed by atoms with Gasteiger partial charge < -0.3 is 0 Å². The van der Waals surface area contributed by atoms with E-state index in [2.05, 4.69) is 5.10 Å². The van der Waals surface area contributed by atoms with Gasteiger partial charge in [0.25, 0.3) is 5.78 Å². The number of halogens is 3. The fourth-order valence-corrected chi connectivity index (χ4v) is 2.45. The first-order chi connectivity index (χ1) is 9.31. The van der Waals surface area contributed by atoms with Gasteiger partial charge in [0.05, 0.1) is 17.3 Å². The van der Waals surface area contributed by atoms with Crippen molar-refractivity contribution in [2.45, 2.75) is 65.6 Å². The SMILES string of the molecule is CCc1nn(C(CC)CC)c(CC)c1C(=O)C(F)(F)F. The standard InChI is InChI=1S/C14H21F3N2O/c1-5-9(6-2)19-11(8-4)12(10(7-3)18-19)13(20)14(15,16)17/h9H,5-8H2,1-4H3. The Kier molecular flexibility index (Phi) is 5.36. The largest absolute Gasteiger partial charge is 0.455 e. The summed E-state index contributed by atoms with van der Waals surface area (Å²) in [5, 5.41) is 4.27. The number of carbonyl (C=O) groups is 1. The third-order valence-corrected chi connectivity index (χ3v) is 3.52. The predicted molar refractivity (Wildman–Crippen MR) is 71.0 cm³/mol. The number of nitrogens with zero attached hydrogens (tertiary/aromatic N) is 2. The molecule has 20 heavy (non-hydrogen) atoms. The van der Waals surface area contributed by atoms with E-state index in [1.807, 2.05) is 13.8 Å². The Morgan fingerprint density at radius 1 is 1.15 bits per heavy atom. The van der Waals surface area contributed by atoms with Crippen molar-refractivity contribution in [3.05, 3.63) is 17.0 Å². The van der Waals surface area contributed by atoms with Gasteiger partial charge in [-0.1, -0.05) is 27.7 Å². The van der Waals surface area contributed by atoms with E-state index in [0.717, 1.165) is 12.8 Å². The normalized spacial score (nSPS) is 12.2. The molecule has 0 fully saturated rings. The molecule has 0 saturated heterocycles. The summed E-state index contributed by atoms with van der Waals surface area (Å²) in [5.74, 6) is -1.77. The first-order valence-electron chi connectivity index (χ1n) is 7.03. The van der Waals surface area contributed by atoms with Crippen LogP contribution in [0.2, 0.25) is 0 Å². The summed E-state index contributed by atoms with van der Waals surface area (Å²) in [4.78, 5) is 11.7. The molecule has 0 saturated carbocycles. The van der Waals surface area contributed by atoms with Gasteiger partial charge in [0.15, 0.2) is 0 Å². The molecule has 0 amide bonds. The van der Waals surface area contributed by atoms with Crippen molar-refractivity contribution in [1.82, 2.24) is 9.78 Å². The molecule has 114 valence electrons. The van der Waals surface area contributed by atoms with E-state index in [9.17, 15) is 18.0 Å². The lowest BCUT2D eigenvalue weighted by molar-refractivity contribution is -0.0886. The number of aryl methyl sites for hydroxylation is 1. The van der Waals surface area contributed by atoms with Gasteiger partial charge in [0.2, 0.25) is 0 Å². The van der Waals surface area contributed by atoms with Crippen molar-refractivity contribution in [2.75, 3.05) is 0 Å². The van der Waals surface area contributed by atoms with Crippen LogP contribution in [-0.4, -0.2) is 21.7 Å². The second kappa shape index (κ2) is 6.41. The Bertz CT molecular complexity index is 473. The summed E-state index contributed by atoms with van der Waals surface area (Å²) < 4.78 is 39.9. The minimum Gasteiger partial charge on any atom is -0.284 e. The summed E-state index contributed by atoms with van der Waals surface area (Å²) in [5.41, 5.74) is 0.406. The minimum absolute atomic E-state index is 0.0324. The van der Waals surface area contributed by atoms with Crippen LogP contribution < -0.4 is 0 Å². The highest BCUT2D eigenvalue weighted by Crippen LogP contribution is 2.29. The lowest BCUT2D eigenvalue weighted by atomic mass is 10.0. The molecule has 1 rings (SSSR count). The van der Waals surface area contributed by atoms with Gasteiger partial charge in [-0.3, -0.25) is 9.48 Å². The zero-order valence-corrected chi connectivity index (χ0v) is 12.3. The lowest BCUT2D eigenvalue weighted by Crippen LogP contribution is -2.25. The van der Waals surface area contributed by atoms with Crippen LogP contribution in [0.4, 0.5) is 13.2 Å². The number of alkyl halides is 3. The van der Waals surface area contributed by atoms with Crippen molar-refractivity contribution in [2.24, 2.45) is 0 Å². The highest BCUT2D eigenvalue weighted by atomic mass is 19.4. The molecule has 1 heterocycles. The van der Waals surface area contributed by atoms with E-state index in [1.165, 1.54) is 0 Å². The van der Waals surface area contributed by atoms with E-state index in [1.54, 1.807) is 18.5 Å². The highest BCUT2D eigenvalue weighted by molar-refractivity contribution is 6.02. The van der Waals surface area contributed by atoms with E-state index in [4.69, 9.17) is 0 Å². The van der Waals surface area contributed by atoms with Crippen molar-refractivity contribution in [3.8, 4) is 0 Å². The third-order valence-electron chi connectivity index (χ3n) is 3.52. The number of aromatic nitrogens is 2. The van der Waals surface area contributed by atoms with E-state index >= 15 is 0 Å². The monoisotopic (exact) mass is 290 g/mol. The van der Waals surface area contributed by atoms with Crippen LogP contribution in [0.1, 0.15) is 68.3 Å². The second-order valence-corrected chi connectivity index (χ2v) is 4.72. The van der Waals surface area contributed by atoms with Crippen molar-refractivity contribution < 1.29 is 18.0 Å². The molecule has 0 unspecified atom stereocenters. The molecule has 0 aliphatic carbocycles. The van der Waals surface area contributed by atoms with Crippen LogP contribution in [0.5, 0.6) is 0 Å². The molecule has 1 aromatic rings. The van der Waals surface area contributed by atoms with Gasteiger partial charge in [-0.15, -0.1) is 0 Å². The maximum Gasteiger partial charge on any atom is 0.455 e. The first-order valence-corrected chi connectivity index (χ1v) is 7.03. The molecule has 0 atom stereocenters. The Balaban J connectivity index is 3.47. The van der Waals surface area contributed by atoms with Crippen molar-refractivity contribution in [3.63, 3.8) is 0 Å². The van der Waals surface area contributed by atoms with Gasteiger partial charge in [-0.05, 0) is 25.7 Å². The summed E-state index contributed by atoms with van der Waals surface area (Å²) in [7, 11) is 0. The summed E-state index contributed by atoms with van der Waals surface area (Å²) in [6, 6.07) is 0.0324. The highest BCUT2D eigenvalue weighted by Gasteiger charge is 2.43. The van der Waals surface area contributed by atoms with Gasteiger partial charge in [-0.25, -0.2) is 0 Å². The Morgan fingerprint density at radius 2 is 1.70 bits per heavy atom. The second-order valence-electron chi connectivity index (χ2n) is 4.72. The predicted octanol–water partition coefficient (Wildman–Crippen LogP) is 4.11. The van der Waals surface area contributed by atoms with Crippen LogP contribution in [0, 0.1) is 0 Å². The van der Waals surface area contributed by atoms with Crippen LogP contribution in [-0.2, 0) is 12.8 Å². The lowest BCUT2D eigenvalue weighted by Gasteiger charge is -2.16. The zero-order valence-electron chi connectivity index (χ0n) is 12.3. The van der Waals surface area contributed by atoms with E-state index < -0.39 is 12.0 Å². The Morgan fingerprint density at radius 3 is 2.05 bits per heavy atom. The molecular formula is C14H21F3N2O. The average molecular weight is 290 g/mol. The summed E-state index contributed by atoms with van der Waals surface area (Å²) >= 11 is 0. The van der Waals surface area contributed by atoms with Gasteiger partial charge in [0.1, 0.15) is 0 Å². The number of ketones is 1. The van der Waals surface area contributed by atoms with Crippen molar-refractivity contribution in [1.29, 1.82) is 0 Å². The summed E-state index contributed by atoms with van der Waals surface area (Å²) in [6.07, 6.45) is -2.63. The van der Waals surface area contributed by atoms with E-state index in [0.29, 0.717) is 18.5 Å². The molecule has 0 bridgehead atoms. The fraction of sp³-hybridized carbons (Fsp3) is 0.714. The smallest absolute Gasteiger partial charge is 0.284 e. The molecule has 0 aromatic carbocycles. The zero-order chi connectivity index (χ0) is 15.5. The molecule has 6 heteroatoms. The molecule has 1 aromatic heterocycles. The molecule has 3 nitrogen and oxygen atoms in total. The topological polar surface area (TPSA) is 34.9 Å². The number of hydrogen-bond acceptors (Lipinski definition) is 2. The number of rotatable bonds is 6. The quantitative estimate of drug-likeness (QED) is 0.739. The summed E-state index contributed by atoms with van der Waals surface area (Å²) in [6.45, 7) is 7.40. The van der Waals surface area contributed by atoms with Crippen LogP contribution in [0.25, 0.3) is 0 Å². The molecule has 0 aliphatic heterocycles. The van der Waals surface area contributed by atoms with E-state index in [-0.39, 0.29) is 17.3 Å². The third kappa shape index (κ3) is 3.04. The van der Waals surface area contributed by atoms with Crippen molar-refractivity contribution >= 4 is 5.78 Å². The van der Waals surface area contributed by atoms with Crippen LogP contribution in [0.15, 0.2) is 0 Å². The first kappa shape index (κ1) is 16.7. The maximum absolute atomic E-state index is 12.8. The Labute approximate surface area is 117 Å². The Hall–Kier alpha value is -1.33. The average Bonchev–Trinajstić information content (AvgIpc) is 2.76. The molecule has 0 aliphatic rings.